The van der Waals surface area contributed by atoms with Gasteiger partial charge >= 0.3 is 0 Å². The van der Waals surface area contributed by atoms with Crippen LogP contribution in [-0.4, -0.2) is 62.5 Å². The van der Waals surface area contributed by atoms with Crippen molar-refractivity contribution in [2.45, 2.75) is 56.0 Å². The first kappa shape index (κ1) is 29.8. The van der Waals surface area contributed by atoms with Crippen molar-refractivity contribution in [1.82, 2.24) is 15.1 Å². The van der Waals surface area contributed by atoms with Crippen molar-refractivity contribution in [1.29, 1.82) is 0 Å². The monoisotopic (exact) mass is 593 g/mol. The summed E-state index contributed by atoms with van der Waals surface area (Å²) in [5, 5.41) is 3.90. The van der Waals surface area contributed by atoms with E-state index in [0.29, 0.717) is 16.5 Å². The zero-order valence-corrected chi connectivity index (χ0v) is 24.7. The average Bonchev–Trinajstić information content (AvgIpc) is 3.71. The highest BCUT2D eigenvalue weighted by atomic mass is 35.5. The van der Waals surface area contributed by atoms with Crippen molar-refractivity contribution in [2.24, 2.45) is 11.3 Å². The molecule has 2 aliphatic heterocycles. The molecule has 7 nitrogen and oxygen atoms in total. The van der Waals surface area contributed by atoms with Crippen LogP contribution in [0.1, 0.15) is 55.7 Å². The average molecular weight is 595 g/mol. The largest absolute Gasteiger partial charge is 0.349 e. The molecule has 2 amide bonds. The molecule has 2 heterocycles. The molecule has 1 saturated carbocycles. The Balaban J connectivity index is 0.00000353. The quantitative estimate of drug-likeness (QED) is 0.458. The number of rotatable bonds is 9. The van der Waals surface area contributed by atoms with Gasteiger partial charge in [0, 0.05) is 36.8 Å². The number of piperidine rings is 1. The first-order chi connectivity index (χ1) is 18.1. The molecule has 10 heteroatoms. The fraction of sp³-hybridized carbons (Fsp3) is 0.517. The Bertz CT molecular complexity index is 1290. The van der Waals surface area contributed by atoms with Gasteiger partial charge in [0.15, 0.2) is 9.84 Å². The lowest BCUT2D eigenvalue weighted by molar-refractivity contribution is -0.139. The summed E-state index contributed by atoms with van der Waals surface area (Å²) in [6.07, 6.45) is 6.43. The van der Waals surface area contributed by atoms with E-state index in [1.54, 1.807) is 24.3 Å². The molecule has 1 atom stereocenters. The maximum Gasteiger partial charge on any atom is 0.229 e. The van der Waals surface area contributed by atoms with Crippen LogP contribution in [0, 0.1) is 11.3 Å². The fourth-order valence-corrected chi connectivity index (χ4v) is 6.68. The molecule has 39 heavy (non-hydrogen) atoms. The number of likely N-dealkylation sites (tertiary alicyclic amines) is 2. The van der Waals surface area contributed by atoms with E-state index < -0.39 is 9.84 Å². The van der Waals surface area contributed by atoms with Crippen LogP contribution in [0.3, 0.4) is 0 Å². The highest BCUT2D eigenvalue weighted by Crippen LogP contribution is 2.42. The van der Waals surface area contributed by atoms with Gasteiger partial charge in [0.1, 0.15) is 0 Å². The molecular weight excluding hydrogens is 557 g/mol. The second-order valence-corrected chi connectivity index (χ2v) is 13.6. The van der Waals surface area contributed by atoms with E-state index in [-0.39, 0.29) is 41.6 Å². The van der Waals surface area contributed by atoms with Gasteiger partial charge in [-0.05, 0) is 80.9 Å². The SMILES string of the molecule is CS(=O)(=O)c1ccc(CN2CCC3(CCN(CCC(NC(=O)C4CC4)c4ccccc4Cl)CC3)C2=O)cc1.Cl. The molecule has 1 aliphatic carbocycles. The van der Waals surface area contributed by atoms with Crippen molar-refractivity contribution in [3.63, 3.8) is 0 Å². The minimum absolute atomic E-state index is 0. The van der Waals surface area contributed by atoms with Crippen LogP contribution in [0.5, 0.6) is 0 Å². The topological polar surface area (TPSA) is 86.8 Å². The van der Waals surface area contributed by atoms with Gasteiger partial charge in [0.25, 0.3) is 0 Å². The third-order valence-electron chi connectivity index (χ3n) is 8.42. The minimum atomic E-state index is -3.23. The molecule has 0 radical (unpaired) electrons. The van der Waals surface area contributed by atoms with Crippen molar-refractivity contribution in [3.05, 3.63) is 64.7 Å². The minimum Gasteiger partial charge on any atom is -0.349 e. The molecule has 5 rings (SSSR count). The molecule has 1 unspecified atom stereocenters. The third kappa shape index (κ3) is 6.96. The van der Waals surface area contributed by atoms with Crippen molar-refractivity contribution < 1.29 is 18.0 Å². The summed E-state index contributed by atoms with van der Waals surface area (Å²) in [6, 6.07) is 14.4. The molecule has 1 N–H and O–H groups in total. The predicted molar refractivity (Wildman–Crippen MR) is 155 cm³/mol. The van der Waals surface area contributed by atoms with Gasteiger partial charge < -0.3 is 15.1 Å². The lowest BCUT2D eigenvalue weighted by atomic mass is 9.77. The molecular formula is C29H37Cl2N3O4S. The second-order valence-electron chi connectivity index (χ2n) is 11.2. The number of sulfone groups is 1. The van der Waals surface area contributed by atoms with Gasteiger partial charge in [0.05, 0.1) is 16.4 Å². The van der Waals surface area contributed by atoms with Crippen LogP contribution < -0.4 is 5.32 Å². The normalized spacial score (nSPS) is 20.1. The first-order valence-electron chi connectivity index (χ1n) is 13.5. The zero-order chi connectivity index (χ0) is 26.9. The van der Waals surface area contributed by atoms with Crippen LogP contribution in [0.2, 0.25) is 5.02 Å². The van der Waals surface area contributed by atoms with E-state index >= 15 is 0 Å². The van der Waals surface area contributed by atoms with Crippen molar-refractivity contribution in [2.75, 3.05) is 32.4 Å². The highest BCUT2D eigenvalue weighted by Gasteiger charge is 2.47. The van der Waals surface area contributed by atoms with E-state index in [2.05, 4.69) is 10.2 Å². The molecule has 212 valence electrons. The molecule has 2 aromatic carbocycles. The van der Waals surface area contributed by atoms with E-state index in [1.165, 1.54) is 6.26 Å². The highest BCUT2D eigenvalue weighted by molar-refractivity contribution is 7.90. The van der Waals surface area contributed by atoms with Crippen LogP contribution >= 0.6 is 24.0 Å². The standard InChI is InChI=1S/C29H36ClN3O4S.ClH/c1-38(36,37)23-10-6-21(7-11-23)20-33-19-15-29(28(33)35)13-17-32(18-14-29)16-12-26(31-27(34)22-8-9-22)24-4-2-3-5-25(24)30;/h2-7,10-11,22,26H,8-9,12-20H2,1H3,(H,31,34);1H. The lowest BCUT2D eigenvalue weighted by Crippen LogP contribution is -2.45. The van der Waals surface area contributed by atoms with Crippen LogP contribution in [0.15, 0.2) is 53.4 Å². The Morgan fingerprint density at radius 1 is 1.05 bits per heavy atom. The van der Waals surface area contributed by atoms with E-state index in [9.17, 15) is 18.0 Å². The van der Waals surface area contributed by atoms with Crippen LogP contribution in [0.25, 0.3) is 0 Å². The Morgan fingerprint density at radius 2 is 1.69 bits per heavy atom. The molecule has 1 spiro atoms. The Hall–Kier alpha value is -2.13. The fourth-order valence-electron chi connectivity index (χ4n) is 5.78. The smallest absolute Gasteiger partial charge is 0.229 e. The summed E-state index contributed by atoms with van der Waals surface area (Å²) in [7, 11) is -3.23. The van der Waals surface area contributed by atoms with E-state index in [0.717, 1.165) is 75.8 Å². The summed E-state index contributed by atoms with van der Waals surface area (Å²) >= 11 is 6.48. The van der Waals surface area contributed by atoms with Gasteiger partial charge in [-0.3, -0.25) is 9.59 Å². The van der Waals surface area contributed by atoms with Gasteiger partial charge in [0.2, 0.25) is 11.8 Å². The summed E-state index contributed by atoms with van der Waals surface area (Å²) in [4.78, 5) is 30.6. The van der Waals surface area contributed by atoms with Gasteiger partial charge in [-0.15, -0.1) is 12.4 Å². The Labute approximate surface area is 242 Å². The number of nitrogens with one attached hydrogen (secondary N) is 1. The summed E-state index contributed by atoms with van der Waals surface area (Å²) in [5.74, 6) is 0.480. The van der Waals surface area contributed by atoms with Crippen LogP contribution in [-0.2, 0) is 26.0 Å². The lowest BCUT2D eigenvalue weighted by Gasteiger charge is -2.38. The molecule has 3 aliphatic rings. The maximum absolute atomic E-state index is 13.4. The number of halogens is 2. The number of benzene rings is 2. The number of amides is 2. The van der Waals surface area contributed by atoms with Crippen LogP contribution in [0.4, 0.5) is 0 Å². The molecule has 0 aromatic heterocycles. The van der Waals surface area contributed by atoms with E-state index in [1.807, 2.05) is 29.2 Å². The third-order valence-corrected chi connectivity index (χ3v) is 9.89. The molecule has 2 saturated heterocycles. The summed E-state index contributed by atoms with van der Waals surface area (Å²) in [5.41, 5.74) is 1.60. The molecule has 0 bridgehead atoms. The molecule has 3 fully saturated rings. The number of carbonyl (C=O) groups is 2. The number of carbonyl (C=O) groups excluding carboxylic acids is 2. The van der Waals surface area contributed by atoms with Gasteiger partial charge in [-0.1, -0.05) is 41.9 Å². The van der Waals surface area contributed by atoms with Crippen molar-refractivity contribution in [3.8, 4) is 0 Å². The second kappa shape index (κ2) is 12.2. The Kier molecular flexibility index (Phi) is 9.31. The molecule has 2 aromatic rings. The van der Waals surface area contributed by atoms with Gasteiger partial charge in [-0.25, -0.2) is 8.42 Å². The first-order valence-corrected chi connectivity index (χ1v) is 15.8. The summed E-state index contributed by atoms with van der Waals surface area (Å²) in [6.45, 7) is 3.79. The zero-order valence-electron chi connectivity index (χ0n) is 22.3. The maximum atomic E-state index is 13.4. The number of hydrogen-bond acceptors (Lipinski definition) is 5. The van der Waals surface area contributed by atoms with Gasteiger partial charge in [-0.2, -0.15) is 0 Å². The van der Waals surface area contributed by atoms with E-state index in [4.69, 9.17) is 11.6 Å². The number of nitrogens with zero attached hydrogens (tertiary/aromatic N) is 2. The predicted octanol–water partition coefficient (Wildman–Crippen LogP) is 4.64. The number of hydrogen-bond donors (Lipinski definition) is 1. The van der Waals surface area contributed by atoms with Crippen molar-refractivity contribution >= 4 is 45.7 Å². The Morgan fingerprint density at radius 3 is 2.31 bits per heavy atom. The summed E-state index contributed by atoms with van der Waals surface area (Å²) < 4.78 is 23.4.